The van der Waals surface area contributed by atoms with E-state index >= 15 is 0 Å². The molecule has 2 aromatic heterocycles. The summed E-state index contributed by atoms with van der Waals surface area (Å²) in [7, 11) is 0. The second-order valence-electron chi connectivity index (χ2n) is 5.44. The molecule has 1 aliphatic rings. The predicted molar refractivity (Wildman–Crippen MR) is 88.4 cm³/mol. The van der Waals surface area contributed by atoms with Crippen LogP contribution in [0.1, 0.15) is 0 Å². The van der Waals surface area contributed by atoms with Crippen molar-refractivity contribution in [3.05, 3.63) is 54.9 Å². The van der Waals surface area contributed by atoms with E-state index in [0.717, 1.165) is 31.7 Å². The summed E-state index contributed by atoms with van der Waals surface area (Å²) in [5.41, 5.74) is 2.10. The number of rotatable bonds is 3. The number of nitrogens with zero attached hydrogens (tertiary/aromatic N) is 5. The van der Waals surface area contributed by atoms with Gasteiger partial charge in [0.1, 0.15) is 0 Å². The van der Waals surface area contributed by atoms with Crippen molar-refractivity contribution in [3.8, 4) is 11.5 Å². The standard InChI is InChI=1S/C17H17N5O/c1-2-6-15(7-3-1)21-9-11-22(12-10-21)17-20-19-16(23-17)14-5-4-8-18-13-14/h1-8,13H,9-12H2. The minimum atomic E-state index is 0.513. The molecule has 23 heavy (non-hydrogen) atoms. The van der Waals surface area contributed by atoms with Crippen LogP contribution in [0, 0.1) is 0 Å². The number of hydrogen-bond donors (Lipinski definition) is 0. The van der Waals surface area contributed by atoms with Crippen LogP contribution in [-0.2, 0) is 0 Å². The van der Waals surface area contributed by atoms with Gasteiger partial charge in [0.15, 0.2) is 0 Å². The lowest BCUT2D eigenvalue weighted by molar-refractivity contribution is 0.524. The van der Waals surface area contributed by atoms with Crippen LogP contribution in [0.15, 0.2) is 59.3 Å². The third-order valence-electron chi connectivity index (χ3n) is 3.99. The van der Waals surface area contributed by atoms with Crippen molar-refractivity contribution in [2.45, 2.75) is 0 Å². The molecule has 0 aliphatic carbocycles. The van der Waals surface area contributed by atoms with Crippen LogP contribution < -0.4 is 9.80 Å². The Morgan fingerprint density at radius 2 is 1.61 bits per heavy atom. The molecule has 0 amide bonds. The smallest absolute Gasteiger partial charge is 0.318 e. The highest BCUT2D eigenvalue weighted by Crippen LogP contribution is 2.23. The van der Waals surface area contributed by atoms with Crippen LogP contribution in [0.4, 0.5) is 11.7 Å². The first-order chi connectivity index (χ1) is 11.4. The Morgan fingerprint density at radius 3 is 2.35 bits per heavy atom. The fourth-order valence-electron chi connectivity index (χ4n) is 2.74. The zero-order valence-corrected chi connectivity index (χ0v) is 12.7. The van der Waals surface area contributed by atoms with E-state index in [2.05, 4.69) is 49.2 Å². The third-order valence-corrected chi connectivity index (χ3v) is 3.99. The van der Waals surface area contributed by atoms with E-state index in [4.69, 9.17) is 4.42 Å². The molecular formula is C17H17N5O. The zero-order chi connectivity index (χ0) is 15.5. The molecule has 0 atom stereocenters. The Balaban J connectivity index is 1.44. The third kappa shape index (κ3) is 2.88. The lowest BCUT2D eigenvalue weighted by atomic mass is 10.2. The highest BCUT2D eigenvalue weighted by molar-refractivity contribution is 5.52. The maximum atomic E-state index is 5.80. The van der Waals surface area contributed by atoms with Crippen LogP contribution >= 0.6 is 0 Å². The van der Waals surface area contributed by atoms with Crippen LogP contribution in [0.3, 0.4) is 0 Å². The molecule has 3 aromatic rings. The molecule has 0 spiro atoms. The molecule has 0 radical (unpaired) electrons. The molecule has 6 nitrogen and oxygen atoms in total. The van der Waals surface area contributed by atoms with Crippen molar-refractivity contribution in [1.82, 2.24) is 15.2 Å². The van der Waals surface area contributed by atoms with Crippen molar-refractivity contribution >= 4 is 11.7 Å². The molecule has 3 heterocycles. The van der Waals surface area contributed by atoms with Gasteiger partial charge in [-0.25, -0.2) is 0 Å². The summed E-state index contributed by atoms with van der Waals surface area (Å²) in [5, 5.41) is 8.30. The number of aromatic nitrogens is 3. The number of hydrogen-bond acceptors (Lipinski definition) is 6. The Labute approximate surface area is 134 Å². The topological polar surface area (TPSA) is 58.3 Å². The zero-order valence-electron chi connectivity index (χ0n) is 12.7. The number of pyridine rings is 1. The van der Waals surface area contributed by atoms with E-state index in [-0.39, 0.29) is 0 Å². The molecule has 1 saturated heterocycles. The molecule has 6 heteroatoms. The Hall–Kier alpha value is -2.89. The molecular weight excluding hydrogens is 290 g/mol. The van der Waals surface area contributed by atoms with Crippen molar-refractivity contribution in [2.24, 2.45) is 0 Å². The van der Waals surface area contributed by atoms with E-state index in [1.165, 1.54) is 5.69 Å². The van der Waals surface area contributed by atoms with Gasteiger partial charge >= 0.3 is 6.01 Å². The fourth-order valence-corrected chi connectivity index (χ4v) is 2.74. The Morgan fingerprint density at radius 1 is 0.826 bits per heavy atom. The second kappa shape index (κ2) is 6.08. The molecule has 1 aliphatic heterocycles. The molecule has 4 rings (SSSR count). The average Bonchev–Trinajstić information content (AvgIpc) is 3.14. The molecule has 1 fully saturated rings. The van der Waals surface area contributed by atoms with E-state index < -0.39 is 0 Å². The largest absolute Gasteiger partial charge is 0.403 e. The summed E-state index contributed by atoms with van der Waals surface area (Å²) in [4.78, 5) is 8.58. The summed E-state index contributed by atoms with van der Waals surface area (Å²) in [6.45, 7) is 3.61. The first-order valence-corrected chi connectivity index (χ1v) is 7.69. The van der Waals surface area contributed by atoms with Crippen molar-refractivity contribution in [1.29, 1.82) is 0 Å². The van der Waals surface area contributed by atoms with Gasteiger partial charge in [0.05, 0.1) is 5.56 Å². The highest BCUT2D eigenvalue weighted by Gasteiger charge is 2.21. The van der Waals surface area contributed by atoms with Crippen molar-refractivity contribution in [3.63, 3.8) is 0 Å². The van der Waals surface area contributed by atoms with Gasteiger partial charge in [0, 0.05) is 44.3 Å². The first kappa shape index (κ1) is 13.8. The van der Waals surface area contributed by atoms with E-state index in [1.54, 1.807) is 12.4 Å². The maximum Gasteiger partial charge on any atom is 0.318 e. The number of piperazine rings is 1. The van der Waals surface area contributed by atoms with Gasteiger partial charge in [-0.2, -0.15) is 0 Å². The Kier molecular flexibility index (Phi) is 3.63. The van der Waals surface area contributed by atoms with Gasteiger partial charge < -0.3 is 14.2 Å². The maximum absolute atomic E-state index is 5.80. The van der Waals surface area contributed by atoms with Gasteiger partial charge in [-0.1, -0.05) is 23.3 Å². The van der Waals surface area contributed by atoms with Gasteiger partial charge in [-0.15, -0.1) is 5.10 Å². The van der Waals surface area contributed by atoms with Crippen LogP contribution in [0.5, 0.6) is 0 Å². The summed E-state index contributed by atoms with van der Waals surface area (Å²) in [5.74, 6) is 0.513. The first-order valence-electron chi connectivity index (χ1n) is 7.69. The second-order valence-corrected chi connectivity index (χ2v) is 5.44. The highest BCUT2D eigenvalue weighted by atomic mass is 16.4. The Bertz CT molecular complexity index is 751. The SMILES string of the molecule is c1ccc(N2CCN(c3nnc(-c4cccnc4)o3)CC2)cc1. The van der Waals surface area contributed by atoms with Crippen LogP contribution in [0.2, 0.25) is 0 Å². The minimum Gasteiger partial charge on any atom is -0.403 e. The predicted octanol–water partition coefficient (Wildman–Crippen LogP) is 2.46. The summed E-state index contributed by atoms with van der Waals surface area (Å²) < 4.78 is 5.80. The van der Waals surface area contributed by atoms with Crippen molar-refractivity contribution in [2.75, 3.05) is 36.0 Å². The summed E-state index contributed by atoms with van der Waals surface area (Å²) in [6.07, 6.45) is 3.45. The quantitative estimate of drug-likeness (QED) is 0.741. The molecule has 0 unspecified atom stereocenters. The lowest BCUT2D eigenvalue weighted by Crippen LogP contribution is -2.46. The van der Waals surface area contributed by atoms with E-state index in [1.807, 2.05) is 18.2 Å². The molecule has 0 saturated carbocycles. The van der Waals surface area contributed by atoms with Crippen molar-refractivity contribution < 1.29 is 4.42 Å². The van der Waals surface area contributed by atoms with E-state index in [0.29, 0.717) is 11.9 Å². The number of para-hydroxylation sites is 1. The average molecular weight is 307 g/mol. The molecule has 0 bridgehead atoms. The molecule has 1 aromatic carbocycles. The molecule has 116 valence electrons. The monoisotopic (exact) mass is 307 g/mol. The number of benzene rings is 1. The fraction of sp³-hybridized carbons (Fsp3) is 0.235. The van der Waals surface area contributed by atoms with Gasteiger partial charge in [-0.3, -0.25) is 4.98 Å². The van der Waals surface area contributed by atoms with Crippen LogP contribution in [-0.4, -0.2) is 41.4 Å². The van der Waals surface area contributed by atoms with E-state index in [9.17, 15) is 0 Å². The summed E-state index contributed by atoms with van der Waals surface area (Å²) >= 11 is 0. The van der Waals surface area contributed by atoms with Gasteiger partial charge in [-0.05, 0) is 24.3 Å². The number of anilines is 2. The van der Waals surface area contributed by atoms with Gasteiger partial charge in [0.25, 0.3) is 5.89 Å². The lowest BCUT2D eigenvalue weighted by Gasteiger charge is -2.35. The molecule has 0 N–H and O–H groups in total. The minimum absolute atomic E-state index is 0.513. The van der Waals surface area contributed by atoms with Gasteiger partial charge in [0.2, 0.25) is 0 Å². The summed E-state index contributed by atoms with van der Waals surface area (Å²) in [6, 6.07) is 14.8. The normalized spacial score (nSPS) is 15.0. The van der Waals surface area contributed by atoms with Crippen LogP contribution in [0.25, 0.3) is 11.5 Å².